The third-order valence-electron chi connectivity index (χ3n) is 6.19. The van der Waals surface area contributed by atoms with Gasteiger partial charge < -0.3 is 10.4 Å². The molecule has 1 fully saturated rings. The van der Waals surface area contributed by atoms with Crippen molar-refractivity contribution in [3.8, 4) is 11.3 Å². The van der Waals surface area contributed by atoms with Crippen LogP contribution >= 0.6 is 0 Å². The normalized spacial score (nSPS) is 15.1. The van der Waals surface area contributed by atoms with Gasteiger partial charge in [0.25, 0.3) is 5.91 Å². The number of nitrogens with zero attached hydrogens (tertiary/aromatic N) is 3. The second-order valence-corrected chi connectivity index (χ2v) is 10.3. The van der Waals surface area contributed by atoms with E-state index in [0.717, 1.165) is 23.2 Å². The number of benzene rings is 2. The molecule has 9 heteroatoms. The summed E-state index contributed by atoms with van der Waals surface area (Å²) in [7, 11) is -3.64. The van der Waals surface area contributed by atoms with E-state index in [1.165, 1.54) is 28.6 Å². The van der Waals surface area contributed by atoms with E-state index in [0.29, 0.717) is 44.0 Å². The maximum absolute atomic E-state index is 13.0. The van der Waals surface area contributed by atoms with Crippen molar-refractivity contribution in [2.24, 2.45) is 0 Å². The molecule has 1 aliphatic rings. The number of piperazine rings is 1. The van der Waals surface area contributed by atoms with E-state index in [2.05, 4.69) is 17.2 Å². The van der Waals surface area contributed by atoms with Gasteiger partial charge in [0.2, 0.25) is 10.0 Å². The highest BCUT2D eigenvalue weighted by Crippen LogP contribution is 2.26. The monoisotopic (exact) mass is 494 g/mol. The zero-order chi connectivity index (χ0) is 24.8. The fourth-order valence-electron chi connectivity index (χ4n) is 4.19. The topological polar surface area (TPSA) is 103 Å². The Hall–Kier alpha value is -3.11. The van der Waals surface area contributed by atoms with Crippen LogP contribution in [0.3, 0.4) is 0 Å². The molecule has 4 rings (SSSR count). The Balaban J connectivity index is 1.46. The Morgan fingerprint density at radius 3 is 2.40 bits per heavy atom. The summed E-state index contributed by atoms with van der Waals surface area (Å²) in [5.74, 6) is -0.317. The van der Waals surface area contributed by atoms with Gasteiger partial charge in [-0.1, -0.05) is 19.1 Å². The van der Waals surface area contributed by atoms with Crippen molar-refractivity contribution in [2.45, 2.75) is 18.2 Å². The lowest BCUT2D eigenvalue weighted by molar-refractivity contribution is 0.102. The zero-order valence-corrected chi connectivity index (χ0v) is 20.5. The number of amides is 1. The fourth-order valence-corrected chi connectivity index (χ4v) is 5.61. The highest BCUT2D eigenvalue weighted by molar-refractivity contribution is 7.89. The van der Waals surface area contributed by atoms with Gasteiger partial charge in [0.05, 0.1) is 17.2 Å². The van der Waals surface area contributed by atoms with Gasteiger partial charge in [-0.05, 0) is 60.5 Å². The van der Waals surface area contributed by atoms with Crippen molar-refractivity contribution >= 4 is 21.6 Å². The molecule has 0 atom stereocenters. The molecule has 1 saturated heterocycles. The van der Waals surface area contributed by atoms with Crippen LogP contribution in [0.25, 0.3) is 11.3 Å². The van der Waals surface area contributed by atoms with Crippen LogP contribution in [0.2, 0.25) is 0 Å². The molecule has 184 valence electrons. The molecule has 0 unspecified atom stereocenters. The standard InChI is InChI=1S/C26H30N4O4S/c1-2-20-6-9-22(19-24(20)25-5-3-4-12-27-25)28-26(32)21-7-10-23(11-8-21)35(33,34)30-15-13-29(14-16-30)17-18-31/h3-12,19,31H,2,13-18H2,1H3,(H,28,32). The number of hydrogen-bond acceptors (Lipinski definition) is 6. The Morgan fingerprint density at radius 1 is 1.03 bits per heavy atom. The highest BCUT2D eigenvalue weighted by atomic mass is 32.2. The lowest BCUT2D eigenvalue weighted by atomic mass is 10.0. The van der Waals surface area contributed by atoms with Crippen LogP contribution in [-0.2, 0) is 16.4 Å². The number of aliphatic hydroxyl groups is 1. The zero-order valence-electron chi connectivity index (χ0n) is 19.7. The van der Waals surface area contributed by atoms with Gasteiger partial charge in [0, 0.05) is 55.7 Å². The summed E-state index contributed by atoms with van der Waals surface area (Å²) in [5, 5.41) is 12.0. The molecular formula is C26H30N4O4S. The molecule has 0 spiro atoms. The molecule has 35 heavy (non-hydrogen) atoms. The number of aliphatic hydroxyl groups excluding tert-OH is 1. The van der Waals surface area contributed by atoms with Crippen LogP contribution < -0.4 is 5.32 Å². The average Bonchev–Trinajstić information content (AvgIpc) is 2.90. The predicted molar refractivity (Wildman–Crippen MR) is 136 cm³/mol. The summed E-state index contributed by atoms with van der Waals surface area (Å²) in [6, 6.07) is 17.5. The van der Waals surface area contributed by atoms with E-state index in [9.17, 15) is 13.2 Å². The van der Waals surface area contributed by atoms with Crippen LogP contribution in [0.5, 0.6) is 0 Å². The van der Waals surface area contributed by atoms with Crippen molar-refractivity contribution in [1.82, 2.24) is 14.2 Å². The Kier molecular flexibility index (Phi) is 7.92. The second-order valence-electron chi connectivity index (χ2n) is 8.39. The number of carbonyl (C=O) groups excluding carboxylic acids is 1. The van der Waals surface area contributed by atoms with Gasteiger partial charge >= 0.3 is 0 Å². The highest BCUT2D eigenvalue weighted by Gasteiger charge is 2.28. The van der Waals surface area contributed by atoms with E-state index in [1.807, 2.05) is 41.3 Å². The Morgan fingerprint density at radius 2 is 1.77 bits per heavy atom. The van der Waals surface area contributed by atoms with Crippen molar-refractivity contribution in [3.63, 3.8) is 0 Å². The van der Waals surface area contributed by atoms with Crippen molar-refractivity contribution in [2.75, 3.05) is 44.6 Å². The molecule has 1 aliphatic heterocycles. The summed E-state index contributed by atoms with van der Waals surface area (Å²) in [5.41, 5.74) is 3.95. The van der Waals surface area contributed by atoms with Crippen LogP contribution in [0.4, 0.5) is 5.69 Å². The summed E-state index contributed by atoms with van der Waals surface area (Å²) in [6.45, 7) is 4.58. The minimum atomic E-state index is -3.64. The number of aryl methyl sites for hydroxylation is 1. The minimum absolute atomic E-state index is 0.0590. The lowest BCUT2D eigenvalue weighted by Crippen LogP contribution is -2.49. The number of rotatable bonds is 8. The van der Waals surface area contributed by atoms with Crippen molar-refractivity contribution in [1.29, 1.82) is 0 Å². The maximum Gasteiger partial charge on any atom is 0.255 e. The van der Waals surface area contributed by atoms with Gasteiger partial charge in [0.1, 0.15) is 0 Å². The van der Waals surface area contributed by atoms with Gasteiger partial charge in [0.15, 0.2) is 0 Å². The average molecular weight is 495 g/mol. The van der Waals surface area contributed by atoms with Gasteiger partial charge in [-0.3, -0.25) is 14.7 Å². The molecule has 8 nitrogen and oxygen atoms in total. The largest absolute Gasteiger partial charge is 0.395 e. The quantitative estimate of drug-likeness (QED) is 0.499. The number of β-amino-alcohol motifs (C(OH)–C–C–N with tert-alkyl or cyclic N) is 1. The maximum atomic E-state index is 13.0. The third kappa shape index (κ3) is 5.76. The van der Waals surface area contributed by atoms with Crippen LogP contribution in [0.1, 0.15) is 22.8 Å². The molecule has 1 amide bonds. The number of carbonyl (C=O) groups is 1. The number of aromatic nitrogens is 1. The second kappa shape index (κ2) is 11.1. The molecule has 2 heterocycles. The van der Waals surface area contributed by atoms with Crippen molar-refractivity contribution in [3.05, 3.63) is 78.0 Å². The summed E-state index contributed by atoms with van der Waals surface area (Å²) in [6.07, 6.45) is 2.58. The number of anilines is 1. The first kappa shape index (κ1) is 25.0. The van der Waals surface area contributed by atoms with Crippen LogP contribution in [-0.4, -0.2) is 73.0 Å². The van der Waals surface area contributed by atoms with E-state index in [-0.39, 0.29) is 17.4 Å². The summed E-state index contributed by atoms with van der Waals surface area (Å²) in [4.78, 5) is 19.5. The molecule has 0 bridgehead atoms. The van der Waals surface area contributed by atoms with E-state index < -0.39 is 10.0 Å². The first-order valence-electron chi connectivity index (χ1n) is 11.7. The molecule has 3 aromatic rings. The smallest absolute Gasteiger partial charge is 0.255 e. The minimum Gasteiger partial charge on any atom is -0.395 e. The molecule has 1 aromatic heterocycles. The molecular weight excluding hydrogens is 464 g/mol. The molecule has 2 N–H and O–H groups in total. The third-order valence-corrected chi connectivity index (χ3v) is 8.10. The van der Waals surface area contributed by atoms with Crippen LogP contribution in [0.15, 0.2) is 71.8 Å². The first-order valence-corrected chi connectivity index (χ1v) is 13.2. The number of nitrogens with one attached hydrogen (secondary N) is 1. The fraction of sp³-hybridized carbons (Fsp3) is 0.308. The molecule has 2 aromatic carbocycles. The summed E-state index contributed by atoms with van der Waals surface area (Å²) >= 11 is 0. The van der Waals surface area contributed by atoms with Crippen LogP contribution in [0, 0.1) is 0 Å². The number of sulfonamides is 1. The van der Waals surface area contributed by atoms with E-state index in [1.54, 1.807) is 6.20 Å². The van der Waals surface area contributed by atoms with Gasteiger partial charge in [-0.25, -0.2) is 8.42 Å². The first-order chi connectivity index (χ1) is 16.9. The number of pyridine rings is 1. The summed E-state index contributed by atoms with van der Waals surface area (Å²) < 4.78 is 27.5. The Bertz CT molecular complexity index is 1260. The SMILES string of the molecule is CCc1ccc(NC(=O)c2ccc(S(=O)(=O)N3CCN(CCO)CC3)cc2)cc1-c1ccccn1. The molecule has 0 radical (unpaired) electrons. The van der Waals surface area contributed by atoms with Gasteiger partial charge in [-0.15, -0.1) is 0 Å². The van der Waals surface area contributed by atoms with Gasteiger partial charge in [-0.2, -0.15) is 4.31 Å². The lowest BCUT2D eigenvalue weighted by Gasteiger charge is -2.33. The predicted octanol–water partition coefficient (Wildman–Crippen LogP) is 2.86. The number of hydrogen-bond donors (Lipinski definition) is 2. The van der Waals surface area contributed by atoms with Crippen molar-refractivity contribution < 1.29 is 18.3 Å². The van der Waals surface area contributed by atoms with E-state index in [4.69, 9.17) is 5.11 Å². The molecule has 0 aliphatic carbocycles. The van der Waals surface area contributed by atoms with E-state index >= 15 is 0 Å². The Labute approximate surface area is 206 Å². The molecule has 0 saturated carbocycles.